The monoisotopic (exact) mass is 957 g/mol. The summed E-state index contributed by atoms with van der Waals surface area (Å²) >= 11 is 0. The van der Waals surface area contributed by atoms with Crippen molar-refractivity contribution in [2.24, 2.45) is 5.92 Å². The normalized spacial score (nSPS) is 20.7. The first-order valence-corrected chi connectivity index (χ1v) is 23.2. The van der Waals surface area contributed by atoms with E-state index in [-0.39, 0.29) is 50.3 Å². The highest BCUT2D eigenvalue weighted by Gasteiger charge is 2.44. The number of ether oxygens (including phenoxy) is 12. The van der Waals surface area contributed by atoms with Crippen molar-refractivity contribution in [2.45, 2.75) is 124 Å². The fraction of sp³-hybridized carbons (Fsp3) is 0.627. The molecule has 68 heavy (non-hydrogen) atoms. The van der Waals surface area contributed by atoms with Gasteiger partial charge < -0.3 is 61.7 Å². The zero-order valence-electron chi connectivity index (χ0n) is 42.5. The minimum atomic E-state index is -0.928. The van der Waals surface area contributed by atoms with E-state index in [2.05, 4.69) is 0 Å². The highest BCUT2D eigenvalue weighted by Crippen LogP contribution is 2.37. The number of rotatable bonds is 20. The van der Waals surface area contributed by atoms with Gasteiger partial charge >= 0.3 is 18.2 Å². The molecule has 17 heteroatoms. The molecular formula is C51H76N2O15. The summed E-state index contributed by atoms with van der Waals surface area (Å²) in [6.45, 7) is 20.0. The second kappa shape index (κ2) is 26.3. The number of carbonyl (C=O) groups excluding carboxylic acids is 3. The Morgan fingerprint density at radius 1 is 0.794 bits per heavy atom. The van der Waals surface area contributed by atoms with E-state index in [0.717, 1.165) is 11.3 Å². The molecule has 0 unspecified atom stereocenters. The summed E-state index contributed by atoms with van der Waals surface area (Å²) < 4.78 is 70.5. The van der Waals surface area contributed by atoms with Gasteiger partial charge in [-0.25, -0.2) is 14.4 Å². The van der Waals surface area contributed by atoms with Gasteiger partial charge in [0.2, 0.25) is 0 Å². The highest BCUT2D eigenvalue weighted by atomic mass is 16.8. The lowest BCUT2D eigenvalue weighted by molar-refractivity contribution is -0.156. The van der Waals surface area contributed by atoms with Gasteiger partial charge in [0.15, 0.2) is 12.6 Å². The number of esters is 1. The molecule has 17 nitrogen and oxygen atoms in total. The van der Waals surface area contributed by atoms with Crippen LogP contribution in [0.15, 0.2) is 54.6 Å². The molecule has 0 spiro atoms. The van der Waals surface area contributed by atoms with Crippen LogP contribution in [-0.2, 0) is 54.0 Å². The third-order valence-corrected chi connectivity index (χ3v) is 10.6. The number of nitrogens with zero attached hydrogens (tertiary/aromatic N) is 2. The number of hydrogen-bond donors (Lipinski definition) is 0. The molecule has 4 rings (SSSR count). The Bertz CT molecular complexity index is 1960. The first kappa shape index (κ1) is 55.8. The Kier molecular flexibility index (Phi) is 21.6. The van der Waals surface area contributed by atoms with Crippen molar-refractivity contribution in [2.75, 3.05) is 85.7 Å². The second-order valence-corrected chi connectivity index (χ2v) is 19.0. The van der Waals surface area contributed by atoms with Gasteiger partial charge in [-0.05, 0) is 98.1 Å². The Balaban J connectivity index is 1.76. The van der Waals surface area contributed by atoms with Crippen molar-refractivity contribution >= 4 is 29.9 Å². The molecule has 380 valence electrons. The summed E-state index contributed by atoms with van der Waals surface area (Å²) in [6, 6.07) is 10.9. The molecule has 2 aromatic rings. The molecule has 1 saturated heterocycles. The number of benzene rings is 2. The first-order chi connectivity index (χ1) is 32.1. The van der Waals surface area contributed by atoms with Gasteiger partial charge in [-0.2, -0.15) is 0 Å². The van der Waals surface area contributed by atoms with Crippen LogP contribution < -0.4 is 14.4 Å². The van der Waals surface area contributed by atoms with Crippen LogP contribution in [0, 0.1) is 5.92 Å². The zero-order valence-corrected chi connectivity index (χ0v) is 42.5. The van der Waals surface area contributed by atoms with E-state index in [1.807, 2.05) is 70.2 Å². The van der Waals surface area contributed by atoms with Crippen LogP contribution in [-0.4, -0.2) is 145 Å². The van der Waals surface area contributed by atoms with E-state index in [9.17, 15) is 14.4 Å². The number of fused-ring (bicyclic) bond motifs is 2. The van der Waals surface area contributed by atoms with E-state index in [1.54, 1.807) is 74.0 Å². The molecule has 2 amide bonds. The molecule has 0 bridgehead atoms. The standard InChI is InChI=1S/C51H76N2O15/c1-35-17-22-41(62-33-37-18-20-40(59-13)21-19-37)45-42(65-51(9,10)66-45)16-14-15-38-31-39(32-43(63-34-58-12)44(38)46(54)64-36(35)2)53(48(56)68-50(6,7)8)24-23-52(47(55)67-49(3,4)5)25-26-60-29-30-61-28-27-57-11/h14-15,17-22,31-32,35-36,41-42,45H,16,23-30,33-34H2,1-13H3/t35-,36+,41-,42+,45-/m1/s1. The fourth-order valence-electron chi connectivity index (χ4n) is 7.09. The van der Waals surface area contributed by atoms with E-state index in [1.165, 1.54) is 16.9 Å². The quantitative estimate of drug-likeness (QED) is 0.0406. The van der Waals surface area contributed by atoms with Crippen molar-refractivity contribution in [3.05, 3.63) is 71.3 Å². The van der Waals surface area contributed by atoms with Crippen LogP contribution >= 0.6 is 0 Å². The summed E-state index contributed by atoms with van der Waals surface area (Å²) in [6.07, 6.45) is 4.50. The van der Waals surface area contributed by atoms with Crippen LogP contribution in [0.2, 0.25) is 0 Å². The van der Waals surface area contributed by atoms with E-state index >= 15 is 0 Å². The van der Waals surface area contributed by atoms with Crippen molar-refractivity contribution in [3.8, 4) is 11.5 Å². The Hall–Kier alpha value is -4.75. The Morgan fingerprint density at radius 3 is 2.10 bits per heavy atom. The molecule has 5 atom stereocenters. The average Bonchev–Trinajstić information content (AvgIpc) is 3.57. The third kappa shape index (κ3) is 18.3. The van der Waals surface area contributed by atoms with Crippen LogP contribution in [0.1, 0.15) is 97.1 Å². The molecular weight excluding hydrogens is 881 g/mol. The summed E-state index contributed by atoms with van der Waals surface area (Å²) in [5.74, 6) is -1.00. The smallest absolute Gasteiger partial charge is 0.414 e. The molecule has 2 aromatic carbocycles. The van der Waals surface area contributed by atoms with E-state index < -0.39 is 59.6 Å². The van der Waals surface area contributed by atoms with Crippen molar-refractivity contribution in [3.63, 3.8) is 0 Å². The fourth-order valence-corrected chi connectivity index (χ4v) is 7.09. The molecule has 1 fully saturated rings. The SMILES string of the molecule is COCCOCCOCCN(CCN(C(=O)OC(C)(C)C)c1cc2c(c(OCOC)c1)C(=O)O[C@@H](C)[C@H](C)C=C[C@@H](OCc1ccc(OC)cc1)[C@H]1OC(C)(C)O[C@H]1CC=C2)C(=O)OC(C)(C)C. The molecule has 0 N–H and O–H groups in total. The molecule has 2 aliphatic heterocycles. The van der Waals surface area contributed by atoms with Crippen molar-refractivity contribution < 1.29 is 71.2 Å². The summed E-state index contributed by atoms with van der Waals surface area (Å²) in [5.41, 5.74) is 0.0725. The maximum absolute atomic E-state index is 14.4. The summed E-state index contributed by atoms with van der Waals surface area (Å²) in [4.78, 5) is 45.2. The lowest BCUT2D eigenvalue weighted by Crippen LogP contribution is -2.45. The first-order valence-electron chi connectivity index (χ1n) is 23.2. The number of amides is 2. The number of carbonyl (C=O) groups is 3. The minimum Gasteiger partial charge on any atom is -0.497 e. The highest BCUT2D eigenvalue weighted by molar-refractivity contribution is 5.99. The van der Waals surface area contributed by atoms with Crippen molar-refractivity contribution in [1.29, 1.82) is 0 Å². The van der Waals surface area contributed by atoms with Crippen molar-refractivity contribution in [1.82, 2.24) is 4.90 Å². The number of methoxy groups -OCH3 is 3. The summed E-state index contributed by atoms with van der Waals surface area (Å²) in [5, 5.41) is 0. The maximum Gasteiger partial charge on any atom is 0.414 e. The molecule has 2 heterocycles. The third-order valence-electron chi connectivity index (χ3n) is 10.6. The van der Waals surface area contributed by atoms with Crippen LogP contribution in [0.5, 0.6) is 11.5 Å². The zero-order chi connectivity index (χ0) is 50.1. The number of anilines is 1. The second-order valence-electron chi connectivity index (χ2n) is 19.0. The lowest BCUT2D eigenvalue weighted by Gasteiger charge is -2.32. The predicted octanol–water partition coefficient (Wildman–Crippen LogP) is 8.60. The molecule has 0 saturated carbocycles. The molecule has 2 aliphatic rings. The molecule has 0 radical (unpaired) electrons. The van der Waals surface area contributed by atoms with Gasteiger partial charge in [0.1, 0.15) is 46.6 Å². The van der Waals surface area contributed by atoms with Gasteiger partial charge in [0.05, 0.1) is 58.5 Å². The molecule has 0 aromatic heterocycles. The van der Waals surface area contributed by atoms with Gasteiger partial charge in [-0.3, -0.25) is 4.90 Å². The lowest BCUT2D eigenvalue weighted by atomic mass is 9.98. The summed E-state index contributed by atoms with van der Waals surface area (Å²) in [7, 11) is 4.68. The largest absolute Gasteiger partial charge is 0.497 e. The van der Waals surface area contributed by atoms with Crippen LogP contribution in [0.3, 0.4) is 0 Å². The average molecular weight is 957 g/mol. The Labute approximate surface area is 403 Å². The number of cyclic esters (lactones) is 1. The minimum absolute atomic E-state index is 0.0197. The van der Waals surface area contributed by atoms with Gasteiger partial charge in [-0.1, -0.05) is 43.4 Å². The topological polar surface area (TPSA) is 168 Å². The van der Waals surface area contributed by atoms with E-state index in [0.29, 0.717) is 50.7 Å². The Morgan fingerprint density at radius 2 is 1.46 bits per heavy atom. The van der Waals surface area contributed by atoms with Gasteiger partial charge in [0.25, 0.3) is 0 Å². The van der Waals surface area contributed by atoms with Crippen LogP contribution in [0.25, 0.3) is 6.08 Å². The maximum atomic E-state index is 14.4. The van der Waals surface area contributed by atoms with Crippen LogP contribution in [0.4, 0.5) is 15.3 Å². The molecule has 0 aliphatic carbocycles. The number of hydrogen-bond acceptors (Lipinski definition) is 15. The van der Waals surface area contributed by atoms with E-state index in [4.69, 9.17) is 56.8 Å². The van der Waals surface area contributed by atoms with Gasteiger partial charge in [-0.15, -0.1) is 0 Å². The predicted molar refractivity (Wildman–Crippen MR) is 256 cm³/mol. The van der Waals surface area contributed by atoms with Gasteiger partial charge in [0, 0.05) is 45.8 Å².